The summed E-state index contributed by atoms with van der Waals surface area (Å²) < 4.78 is 33.4. The third-order valence-electron chi connectivity index (χ3n) is 11.5. The minimum atomic E-state index is -3.57. The molecule has 3 aromatic rings. The van der Waals surface area contributed by atoms with E-state index in [0.717, 1.165) is 54.9 Å². The van der Waals surface area contributed by atoms with E-state index in [0.29, 0.717) is 37.2 Å². The first-order valence-electron chi connectivity index (χ1n) is 18.6. The fourth-order valence-electron chi connectivity index (χ4n) is 8.09. The molecule has 280 valence electrons. The summed E-state index contributed by atoms with van der Waals surface area (Å²) in [5.74, 6) is -0.121. The zero-order valence-electron chi connectivity index (χ0n) is 30.7. The minimum Gasteiger partial charge on any atom is -0.490 e. The maximum Gasteiger partial charge on any atom is 0.286 e. The molecule has 2 N–H and O–H groups in total. The lowest BCUT2D eigenvalue weighted by Crippen LogP contribution is -2.49. The highest BCUT2D eigenvalue weighted by Gasteiger charge is 2.44. The van der Waals surface area contributed by atoms with Gasteiger partial charge < -0.3 is 19.5 Å². The molecule has 1 heterocycles. The van der Waals surface area contributed by atoms with Gasteiger partial charge in [-0.25, -0.2) is 4.21 Å². The molecule has 1 saturated carbocycles. The number of aliphatic hydroxyl groups is 1. The molecule has 3 aromatic carbocycles. The van der Waals surface area contributed by atoms with Crippen LogP contribution in [0.5, 0.6) is 5.75 Å². The monoisotopic (exact) mass is 749 g/mol. The van der Waals surface area contributed by atoms with E-state index in [1.165, 1.54) is 11.1 Å². The summed E-state index contributed by atoms with van der Waals surface area (Å²) >= 11 is 6.45. The van der Waals surface area contributed by atoms with Crippen molar-refractivity contribution in [3.8, 4) is 5.75 Å². The first-order valence-corrected chi connectivity index (χ1v) is 20.6. The molecule has 3 aliphatic rings. The Morgan fingerprint density at radius 1 is 1.13 bits per heavy atom. The molecule has 2 amide bonds. The number of aryl methyl sites for hydroxylation is 1. The van der Waals surface area contributed by atoms with Gasteiger partial charge in [0.2, 0.25) is 0 Å². The molecule has 52 heavy (non-hydrogen) atoms. The topological polar surface area (TPSA) is 118 Å². The second-order valence-corrected chi connectivity index (χ2v) is 17.6. The SMILES string of the molecule is CC[C@H](C)CS(=O)(=NC(=O)c1ccc2c(c1)N(C[C@@H]1CC[C@H]1[C@H](C)OC)C[C@@]1(CCCc3cc(Cl)ccc31)CO2)NC(=O)[C@H](O)Cc1ccccc1. The number of benzene rings is 3. The zero-order valence-corrected chi connectivity index (χ0v) is 32.3. The maximum absolute atomic E-state index is 14.3. The van der Waals surface area contributed by atoms with Crippen LogP contribution in [0.4, 0.5) is 5.69 Å². The van der Waals surface area contributed by atoms with E-state index in [1.807, 2.05) is 44.2 Å². The van der Waals surface area contributed by atoms with Crippen molar-refractivity contribution in [2.24, 2.45) is 22.1 Å². The van der Waals surface area contributed by atoms with Crippen molar-refractivity contribution in [1.29, 1.82) is 0 Å². The lowest BCUT2D eigenvalue weighted by molar-refractivity contribution is -0.127. The summed E-state index contributed by atoms with van der Waals surface area (Å²) in [5, 5.41) is 11.4. The van der Waals surface area contributed by atoms with E-state index in [4.69, 9.17) is 21.1 Å². The number of hydrogen-bond donors (Lipinski definition) is 2. The molecule has 2 aliphatic carbocycles. The van der Waals surface area contributed by atoms with E-state index in [9.17, 15) is 18.9 Å². The van der Waals surface area contributed by atoms with Crippen LogP contribution in [0.1, 0.15) is 79.9 Å². The number of aliphatic hydroxyl groups excluding tert-OH is 1. The quantitative estimate of drug-likeness (QED) is 0.202. The average molecular weight is 750 g/mol. The maximum atomic E-state index is 14.3. The highest BCUT2D eigenvalue weighted by atomic mass is 35.5. The van der Waals surface area contributed by atoms with Crippen molar-refractivity contribution in [1.82, 2.24) is 4.72 Å². The van der Waals surface area contributed by atoms with Crippen LogP contribution in [0.15, 0.2) is 71.1 Å². The Morgan fingerprint density at radius 2 is 1.92 bits per heavy atom. The number of methoxy groups -OCH3 is 1. The van der Waals surface area contributed by atoms with Crippen LogP contribution in [-0.2, 0) is 37.7 Å². The number of nitrogens with zero attached hydrogens (tertiary/aromatic N) is 2. The van der Waals surface area contributed by atoms with Gasteiger partial charge in [0, 0.05) is 42.6 Å². The van der Waals surface area contributed by atoms with Crippen LogP contribution >= 0.6 is 11.6 Å². The average Bonchev–Trinajstić information content (AvgIpc) is 3.26. The Kier molecular flexibility index (Phi) is 12.0. The van der Waals surface area contributed by atoms with Gasteiger partial charge in [0.15, 0.2) is 0 Å². The summed E-state index contributed by atoms with van der Waals surface area (Å²) in [6.07, 6.45) is 4.56. The molecule has 7 atom stereocenters. The van der Waals surface area contributed by atoms with Crippen molar-refractivity contribution >= 4 is 39.0 Å². The Balaban J connectivity index is 1.33. The normalized spacial score (nSPS) is 23.8. The van der Waals surface area contributed by atoms with Crippen LogP contribution in [0, 0.1) is 17.8 Å². The standard InChI is InChI=1S/C41H52ClN3O6S/c1-5-27(2)24-52(49,44-40(48)37(46)20-29-10-7-6-8-11-29)43-39(47)31-14-18-38-36(22-31)45(23-32-13-16-34(32)28(3)50-4)25-41(26-51-38)19-9-12-30-21-33(42)15-17-35(30)41/h6-8,10-11,14-15,17-18,21-22,27-28,32,34,37,46H,5,9,12-13,16,19-20,23-26H2,1-4H3,(H,43,44,47,48,49)/t27-,28-,32-,34-,37+,41-,52?/m0/s1. The van der Waals surface area contributed by atoms with Gasteiger partial charge in [-0.1, -0.05) is 68.3 Å². The molecule has 1 aliphatic heterocycles. The number of halogens is 1. The molecule has 11 heteroatoms. The van der Waals surface area contributed by atoms with Crippen LogP contribution < -0.4 is 14.4 Å². The molecule has 9 nitrogen and oxygen atoms in total. The van der Waals surface area contributed by atoms with Gasteiger partial charge in [0.05, 0.1) is 24.2 Å². The van der Waals surface area contributed by atoms with Gasteiger partial charge in [-0.3, -0.25) is 14.3 Å². The van der Waals surface area contributed by atoms with Gasteiger partial charge in [-0.15, -0.1) is 4.36 Å². The number of fused-ring (bicyclic) bond motifs is 3. The molecule has 1 spiro atoms. The Labute approximate surface area is 313 Å². The molecule has 1 unspecified atom stereocenters. The first-order chi connectivity index (χ1) is 24.9. The van der Waals surface area contributed by atoms with E-state index in [1.54, 1.807) is 31.4 Å². The molecular weight excluding hydrogens is 698 g/mol. The summed E-state index contributed by atoms with van der Waals surface area (Å²) in [7, 11) is -1.81. The highest BCUT2D eigenvalue weighted by Crippen LogP contribution is 2.46. The number of amides is 2. The molecule has 0 radical (unpaired) electrons. The van der Waals surface area contributed by atoms with Crippen molar-refractivity contribution in [2.45, 2.75) is 83.3 Å². The van der Waals surface area contributed by atoms with E-state index in [-0.39, 0.29) is 35.2 Å². The molecule has 0 saturated heterocycles. The fraction of sp³-hybridized carbons (Fsp3) is 0.512. The number of rotatable bonds is 12. The Morgan fingerprint density at radius 3 is 2.63 bits per heavy atom. The number of carbonyl (C=O) groups excluding carboxylic acids is 2. The van der Waals surface area contributed by atoms with E-state index >= 15 is 0 Å². The third-order valence-corrected chi connectivity index (χ3v) is 13.7. The van der Waals surface area contributed by atoms with Crippen molar-refractivity contribution in [3.05, 3.63) is 94.0 Å². The fourth-order valence-corrected chi connectivity index (χ4v) is 10.3. The second kappa shape index (κ2) is 16.3. The summed E-state index contributed by atoms with van der Waals surface area (Å²) in [4.78, 5) is 29.5. The Hall–Kier alpha value is -3.44. The zero-order chi connectivity index (χ0) is 37.0. The highest BCUT2D eigenvalue weighted by molar-refractivity contribution is 7.92. The minimum absolute atomic E-state index is 0.0219. The second-order valence-electron chi connectivity index (χ2n) is 15.1. The summed E-state index contributed by atoms with van der Waals surface area (Å²) in [5.41, 5.74) is 4.06. The van der Waals surface area contributed by atoms with Crippen LogP contribution in [0.3, 0.4) is 0 Å². The molecule has 0 aromatic heterocycles. The van der Waals surface area contributed by atoms with Crippen LogP contribution in [0.25, 0.3) is 0 Å². The predicted octanol–water partition coefficient (Wildman–Crippen LogP) is 7.16. The van der Waals surface area contributed by atoms with Crippen molar-refractivity contribution in [3.63, 3.8) is 0 Å². The largest absolute Gasteiger partial charge is 0.490 e. The number of nitrogens with one attached hydrogen (secondary N) is 1. The lowest BCUT2D eigenvalue weighted by atomic mass is 9.68. The van der Waals surface area contributed by atoms with Crippen molar-refractivity contribution < 1.29 is 28.4 Å². The predicted molar refractivity (Wildman–Crippen MR) is 206 cm³/mol. The van der Waals surface area contributed by atoms with E-state index < -0.39 is 27.8 Å². The third kappa shape index (κ3) is 8.51. The first kappa shape index (κ1) is 38.3. The number of hydrogen-bond acceptors (Lipinski definition) is 7. The molecular formula is C41H52ClN3O6S. The van der Waals surface area contributed by atoms with Gasteiger partial charge in [-0.05, 0) is 104 Å². The van der Waals surface area contributed by atoms with Crippen LogP contribution in [-0.4, -0.2) is 65.9 Å². The number of ether oxygens (including phenoxy) is 2. The lowest BCUT2D eigenvalue weighted by Gasteiger charge is -2.45. The van der Waals surface area contributed by atoms with Gasteiger partial charge >= 0.3 is 0 Å². The van der Waals surface area contributed by atoms with Gasteiger partial charge in [-0.2, -0.15) is 0 Å². The Bertz CT molecular complexity index is 1880. The van der Waals surface area contributed by atoms with Crippen LogP contribution in [0.2, 0.25) is 5.02 Å². The van der Waals surface area contributed by atoms with E-state index in [2.05, 4.69) is 33.0 Å². The van der Waals surface area contributed by atoms with Gasteiger partial charge in [0.1, 0.15) is 21.8 Å². The van der Waals surface area contributed by atoms with Gasteiger partial charge in [0.25, 0.3) is 11.8 Å². The molecule has 0 bridgehead atoms. The molecule has 1 fully saturated rings. The number of anilines is 1. The summed E-state index contributed by atoms with van der Waals surface area (Å²) in [6, 6.07) is 20.6. The number of carbonyl (C=O) groups is 2. The smallest absolute Gasteiger partial charge is 0.286 e. The summed E-state index contributed by atoms with van der Waals surface area (Å²) in [6.45, 7) is 7.95. The van der Waals surface area contributed by atoms with Crippen molar-refractivity contribution in [2.75, 3.05) is 37.5 Å². The molecule has 6 rings (SSSR count).